The van der Waals surface area contributed by atoms with Crippen LogP contribution in [0.5, 0.6) is 0 Å². The molecule has 0 bridgehead atoms. The monoisotopic (exact) mass is 292 g/mol. The third kappa shape index (κ3) is 23.5. The fourth-order valence-corrected chi connectivity index (χ4v) is 0.944. The average Bonchev–Trinajstić information content (AvgIpc) is 2.54. The third-order valence-corrected chi connectivity index (χ3v) is 1.58. The normalized spacial score (nSPS) is 7.14. The minimum absolute atomic E-state index is 0.713. The van der Waals surface area contributed by atoms with E-state index < -0.39 is 0 Å². The van der Waals surface area contributed by atoms with Crippen LogP contribution in [-0.4, -0.2) is 7.05 Å². The van der Waals surface area contributed by atoms with Gasteiger partial charge >= 0.3 is 0 Å². The van der Waals surface area contributed by atoms with Crippen molar-refractivity contribution < 1.29 is 0 Å². The summed E-state index contributed by atoms with van der Waals surface area (Å²) in [5.41, 5.74) is 14.4. The Morgan fingerprint density at radius 2 is 0.905 bits per heavy atom. The Kier molecular flexibility index (Phi) is 26.4. The maximum absolute atomic E-state index is 5.38. The molecule has 4 heteroatoms. The summed E-state index contributed by atoms with van der Waals surface area (Å²) in [6.45, 7) is 8.00. The van der Waals surface area contributed by atoms with Gasteiger partial charge in [0.25, 0.3) is 0 Å². The zero-order chi connectivity index (χ0) is 16.9. The number of nitrogens with one attached hydrogen (secondary N) is 1. The van der Waals surface area contributed by atoms with E-state index >= 15 is 0 Å². The topological polar surface area (TPSA) is 90.1 Å². The van der Waals surface area contributed by atoms with Crippen molar-refractivity contribution in [1.29, 1.82) is 0 Å². The molecule has 0 saturated heterocycles. The van der Waals surface area contributed by atoms with Crippen LogP contribution in [0, 0.1) is 0 Å². The molecule has 0 aliphatic carbocycles. The number of rotatable bonds is 0. The van der Waals surface area contributed by atoms with Crippen LogP contribution in [0.4, 0.5) is 11.4 Å². The summed E-state index contributed by atoms with van der Waals surface area (Å²) in [5.74, 6) is 4.60. The zero-order valence-electron chi connectivity index (χ0n) is 14.0. The molecule has 0 saturated carbocycles. The van der Waals surface area contributed by atoms with Crippen LogP contribution in [0.1, 0.15) is 27.7 Å². The summed E-state index contributed by atoms with van der Waals surface area (Å²) < 4.78 is 0. The summed E-state index contributed by atoms with van der Waals surface area (Å²) in [7, 11) is 1.65. The number of nitrogen functional groups attached to an aromatic ring is 2. The molecule has 0 aliphatic heterocycles. The van der Waals surface area contributed by atoms with E-state index in [1.165, 1.54) is 0 Å². The van der Waals surface area contributed by atoms with Crippen molar-refractivity contribution in [2.24, 2.45) is 5.84 Å². The quantitative estimate of drug-likeness (QED) is 0.339. The molecule has 0 atom stereocenters. The number of hydrogen-bond acceptors (Lipinski definition) is 4. The number of hydrogen-bond donors (Lipinski definition) is 4. The molecule has 2 rings (SSSR count). The molecule has 0 radical (unpaired) electrons. The molecule has 0 heterocycles. The van der Waals surface area contributed by atoms with E-state index in [-0.39, 0.29) is 0 Å². The lowest BCUT2D eigenvalue weighted by atomic mass is 10.3. The first kappa shape index (κ1) is 24.0. The number of anilines is 2. The highest BCUT2D eigenvalue weighted by atomic mass is 15.2. The molecular weight excluding hydrogens is 260 g/mol. The van der Waals surface area contributed by atoms with Crippen molar-refractivity contribution in [3.05, 3.63) is 60.7 Å². The standard InChI is InChI=1S/C6H8N2.C6H6.2C2H6.CH6N2/c7-5-2-1-3-6(8)4-5;1-2-4-6-5-3-1;2*1-2;1-3-2/h1-4H,7-8H2;1-6H;2*1-2H3;3H,2H2,1H3. The van der Waals surface area contributed by atoms with Crippen molar-refractivity contribution in [3.8, 4) is 0 Å². The van der Waals surface area contributed by atoms with Gasteiger partial charge < -0.3 is 11.5 Å². The second kappa shape index (κ2) is 23.1. The molecule has 0 aliphatic rings. The predicted molar refractivity (Wildman–Crippen MR) is 97.7 cm³/mol. The van der Waals surface area contributed by atoms with Gasteiger partial charge in [-0.2, -0.15) is 0 Å². The lowest BCUT2D eigenvalue weighted by molar-refractivity contribution is 0.900. The number of nitrogens with two attached hydrogens (primary N) is 3. The van der Waals surface area contributed by atoms with Crippen molar-refractivity contribution in [2.75, 3.05) is 18.5 Å². The Balaban J connectivity index is -0.000000222. The maximum Gasteiger partial charge on any atom is 0.0334 e. The van der Waals surface area contributed by atoms with Gasteiger partial charge in [0.2, 0.25) is 0 Å². The van der Waals surface area contributed by atoms with Gasteiger partial charge in [0.15, 0.2) is 0 Å². The van der Waals surface area contributed by atoms with Crippen molar-refractivity contribution in [1.82, 2.24) is 5.43 Å². The van der Waals surface area contributed by atoms with Gasteiger partial charge in [0, 0.05) is 11.4 Å². The minimum atomic E-state index is 0.713. The summed E-state index contributed by atoms with van der Waals surface area (Å²) in [4.78, 5) is 0. The maximum atomic E-state index is 5.38. The Morgan fingerprint density at radius 1 is 0.667 bits per heavy atom. The van der Waals surface area contributed by atoms with Crippen molar-refractivity contribution in [2.45, 2.75) is 27.7 Å². The largest absolute Gasteiger partial charge is 0.399 e. The summed E-state index contributed by atoms with van der Waals surface area (Å²) in [6, 6.07) is 19.2. The lowest BCUT2D eigenvalue weighted by Crippen LogP contribution is -2.13. The van der Waals surface area contributed by atoms with Gasteiger partial charge in [0.05, 0.1) is 0 Å². The van der Waals surface area contributed by atoms with Crippen LogP contribution in [0.25, 0.3) is 0 Å². The van der Waals surface area contributed by atoms with E-state index in [1.807, 2.05) is 70.2 Å². The first-order valence-electron chi connectivity index (χ1n) is 7.19. The Morgan fingerprint density at radius 3 is 1.05 bits per heavy atom. The highest BCUT2D eigenvalue weighted by Gasteiger charge is 1.81. The highest BCUT2D eigenvalue weighted by molar-refractivity contribution is 5.50. The molecule has 21 heavy (non-hydrogen) atoms. The van der Waals surface area contributed by atoms with E-state index in [2.05, 4.69) is 11.3 Å². The molecule has 0 aromatic heterocycles. The SMILES string of the molecule is CC.CC.CNN.Nc1cccc(N)c1.c1ccccc1. The van der Waals surface area contributed by atoms with Crippen LogP contribution >= 0.6 is 0 Å². The Bertz CT molecular complexity index is 334. The fraction of sp³-hybridized carbons (Fsp3) is 0.294. The molecular formula is C17H32N4. The van der Waals surface area contributed by atoms with Gasteiger partial charge in [-0.1, -0.05) is 70.2 Å². The molecule has 7 N–H and O–H groups in total. The third-order valence-electron chi connectivity index (χ3n) is 1.58. The molecule has 120 valence electrons. The summed E-state index contributed by atoms with van der Waals surface area (Å²) in [6.07, 6.45) is 0. The van der Waals surface area contributed by atoms with Gasteiger partial charge in [-0.3, -0.25) is 11.3 Å². The van der Waals surface area contributed by atoms with Crippen LogP contribution < -0.4 is 22.7 Å². The average molecular weight is 292 g/mol. The van der Waals surface area contributed by atoms with Crippen LogP contribution in [0.3, 0.4) is 0 Å². The molecule has 0 unspecified atom stereocenters. The first-order valence-corrected chi connectivity index (χ1v) is 7.19. The van der Waals surface area contributed by atoms with Gasteiger partial charge in [-0.15, -0.1) is 0 Å². The Labute approximate surface area is 130 Å². The molecule has 2 aromatic rings. The van der Waals surface area contributed by atoms with Crippen molar-refractivity contribution >= 4 is 11.4 Å². The Hall–Kier alpha value is -2.04. The molecule has 2 aromatic carbocycles. The molecule has 0 amide bonds. The van der Waals surface area contributed by atoms with Crippen LogP contribution in [0.2, 0.25) is 0 Å². The first-order chi connectivity index (χ1) is 10.2. The molecule has 4 nitrogen and oxygen atoms in total. The fourth-order valence-electron chi connectivity index (χ4n) is 0.944. The minimum Gasteiger partial charge on any atom is -0.399 e. The molecule has 0 spiro atoms. The second-order valence-corrected chi connectivity index (χ2v) is 3.11. The second-order valence-electron chi connectivity index (χ2n) is 3.11. The zero-order valence-corrected chi connectivity index (χ0v) is 14.0. The van der Waals surface area contributed by atoms with E-state index in [0.29, 0.717) is 11.4 Å². The van der Waals surface area contributed by atoms with E-state index in [0.717, 1.165) is 0 Å². The van der Waals surface area contributed by atoms with Gasteiger partial charge in [-0.25, -0.2) is 0 Å². The predicted octanol–water partition coefficient (Wildman–Crippen LogP) is 3.67. The van der Waals surface area contributed by atoms with E-state index in [9.17, 15) is 0 Å². The van der Waals surface area contributed by atoms with Crippen LogP contribution in [0.15, 0.2) is 60.7 Å². The van der Waals surface area contributed by atoms with E-state index in [1.54, 1.807) is 25.2 Å². The van der Waals surface area contributed by atoms with Gasteiger partial charge in [-0.05, 0) is 25.2 Å². The highest BCUT2D eigenvalue weighted by Crippen LogP contribution is 2.06. The number of benzene rings is 2. The summed E-state index contributed by atoms with van der Waals surface area (Å²) in [5, 5.41) is 0. The number of hydrazine groups is 1. The smallest absolute Gasteiger partial charge is 0.0334 e. The summed E-state index contributed by atoms with van der Waals surface area (Å²) >= 11 is 0. The lowest BCUT2D eigenvalue weighted by Gasteiger charge is -1.91. The van der Waals surface area contributed by atoms with Crippen molar-refractivity contribution in [3.63, 3.8) is 0 Å². The van der Waals surface area contributed by atoms with Gasteiger partial charge in [0.1, 0.15) is 0 Å². The van der Waals surface area contributed by atoms with E-state index in [4.69, 9.17) is 11.5 Å². The van der Waals surface area contributed by atoms with Crippen LogP contribution in [-0.2, 0) is 0 Å². The molecule has 0 fully saturated rings.